The second-order valence-electron chi connectivity index (χ2n) is 7.94. The molecule has 0 saturated heterocycles. The molecule has 16 nitrogen and oxygen atoms in total. The van der Waals surface area contributed by atoms with Crippen molar-refractivity contribution in [3.8, 4) is 45.8 Å². The van der Waals surface area contributed by atoms with E-state index in [2.05, 4.69) is 19.9 Å². The molecule has 0 saturated carbocycles. The maximum absolute atomic E-state index is 11.0. The number of methoxy groups -OCH3 is 4. The number of hydrogen-bond donors (Lipinski definition) is 4. The molecule has 17 heteroatoms. The molecule has 0 atom stereocenters. The fourth-order valence-electron chi connectivity index (χ4n) is 3.59. The number of H-pyrrole nitrogens is 2. The van der Waals surface area contributed by atoms with Gasteiger partial charge in [-0.15, -0.1) is 0 Å². The van der Waals surface area contributed by atoms with Gasteiger partial charge in [-0.05, 0) is 36.4 Å². The van der Waals surface area contributed by atoms with Crippen LogP contribution in [0.25, 0.3) is 22.8 Å². The first-order valence-electron chi connectivity index (χ1n) is 11.5. The van der Waals surface area contributed by atoms with Crippen molar-refractivity contribution in [3.63, 3.8) is 0 Å². The summed E-state index contributed by atoms with van der Waals surface area (Å²) in [6, 6.07) is 9.45. The number of carboxylic acid groups (broad SMARTS) is 4. The van der Waals surface area contributed by atoms with E-state index in [-0.39, 0.29) is 57.1 Å². The van der Waals surface area contributed by atoms with Crippen LogP contribution in [0, 0.1) is 0 Å². The van der Waals surface area contributed by atoms with Crippen LogP contribution < -0.4 is 29.2 Å². The predicted octanol–water partition coefficient (Wildman–Crippen LogP) is -0.0696. The number of aromatic amines is 2. The molecule has 0 radical (unpaired) electrons. The SMILES string of the molecule is COc1ccc(-c2nc(C(=O)O)c(C(=O)[O-])[nH]2)cc1OC.COc1ccc(-c2nc(C(=O)O)c(C(=O)[O-])[nH]2)cc1OC.[Sr+2]. The molecule has 0 spiro atoms. The number of aromatic carboxylic acids is 4. The van der Waals surface area contributed by atoms with E-state index in [1.807, 2.05) is 0 Å². The molecule has 2 aromatic carbocycles. The summed E-state index contributed by atoms with van der Waals surface area (Å²) in [5.74, 6) is -4.30. The molecule has 0 aliphatic heterocycles. The van der Waals surface area contributed by atoms with E-state index >= 15 is 0 Å². The van der Waals surface area contributed by atoms with Crippen molar-refractivity contribution in [2.75, 3.05) is 28.4 Å². The zero-order chi connectivity index (χ0) is 31.1. The Hall–Kier alpha value is -4.58. The Morgan fingerprint density at radius 1 is 0.628 bits per heavy atom. The number of nitrogens with one attached hydrogen (secondary N) is 2. The molecule has 4 rings (SSSR count). The van der Waals surface area contributed by atoms with Crippen molar-refractivity contribution >= 4 is 69.4 Å². The molecule has 0 unspecified atom stereocenters. The number of benzene rings is 2. The molecule has 0 amide bonds. The summed E-state index contributed by atoms with van der Waals surface area (Å²) in [7, 11) is 5.83. The molecule has 0 aliphatic rings. The van der Waals surface area contributed by atoms with E-state index in [0.717, 1.165) is 0 Å². The van der Waals surface area contributed by atoms with E-state index in [1.165, 1.54) is 28.4 Å². The minimum absolute atomic E-state index is 0. The quantitative estimate of drug-likeness (QED) is 0.161. The number of carboxylic acids is 4. The van der Waals surface area contributed by atoms with Crippen molar-refractivity contribution in [3.05, 3.63) is 59.2 Å². The third kappa shape index (κ3) is 7.83. The minimum Gasteiger partial charge on any atom is -0.543 e. The monoisotopic (exact) mass is 670 g/mol. The van der Waals surface area contributed by atoms with E-state index in [0.29, 0.717) is 34.1 Å². The fourth-order valence-corrected chi connectivity index (χ4v) is 3.59. The Kier molecular flexibility index (Phi) is 12.1. The standard InChI is InChI=1S/2C13H12N2O6.Sr/c2*1-20-7-4-3-6(5-8(7)21-2)11-14-9(12(16)17)10(15-11)13(18)19;/h2*3-5H,1-2H3,(H,14,15)(H,16,17)(H,18,19);/q;;+2/p-2. The molecule has 43 heavy (non-hydrogen) atoms. The normalized spacial score (nSPS) is 9.95. The number of nitrogens with zero attached hydrogens (tertiary/aromatic N) is 2. The fraction of sp³-hybridized carbons (Fsp3) is 0.154. The molecule has 4 N–H and O–H groups in total. The maximum Gasteiger partial charge on any atom is 2.00 e. The Morgan fingerprint density at radius 2 is 0.953 bits per heavy atom. The summed E-state index contributed by atoms with van der Waals surface area (Å²) < 4.78 is 20.4. The number of carbonyl (C=O) groups excluding carboxylic acids is 2. The summed E-state index contributed by atoms with van der Waals surface area (Å²) in [6.07, 6.45) is 0. The van der Waals surface area contributed by atoms with Gasteiger partial charge >= 0.3 is 57.4 Å². The minimum atomic E-state index is -1.65. The average molecular weight is 670 g/mol. The van der Waals surface area contributed by atoms with Crippen molar-refractivity contribution in [1.29, 1.82) is 0 Å². The van der Waals surface area contributed by atoms with Crippen LogP contribution in [0.15, 0.2) is 36.4 Å². The van der Waals surface area contributed by atoms with Gasteiger partial charge in [0, 0.05) is 11.1 Å². The van der Waals surface area contributed by atoms with Gasteiger partial charge in [-0.3, -0.25) is 0 Å². The molecule has 2 heterocycles. The zero-order valence-electron chi connectivity index (χ0n) is 23.0. The molecular weight excluding hydrogens is 648 g/mol. The summed E-state index contributed by atoms with van der Waals surface area (Å²) >= 11 is 0. The largest absolute Gasteiger partial charge is 2.00 e. The topological polar surface area (TPSA) is 249 Å². The number of ether oxygens (including phenoxy) is 4. The first-order valence-corrected chi connectivity index (χ1v) is 11.5. The van der Waals surface area contributed by atoms with Gasteiger partial charge in [0.2, 0.25) is 0 Å². The first kappa shape index (κ1) is 34.6. The molecule has 0 aliphatic carbocycles. The second-order valence-corrected chi connectivity index (χ2v) is 7.94. The van der Waals surface area contributed by atoms with Crippen LogP contribution in [-0.2, 0) is 0 Å². The van der Waals surface area contributed by atoms with Crippen LogP contribution in [0.5, 0.6) is 23.0 Å². The van der Waals surface area contributed by atoms with Crippen LogP contribution in [0.1, 0.15) is 42.0 Å². The maximum atomic E-state index is 11.0. The predicted molar refractivity (Wildman–Crippen MR) is 143 cm³/mol. The Morgan fingerprint density at radius 3 is 1.19 bits per heavy atom. The van der Waals surface area contributed by atoms with Gasteiger partial charge in [-0.1, -0.05) is 0 Å². The second kappa shape index (κ2) is 15.1. The summed E-state index contributed by atoms with van der Waals surface area (Å²) in [6.45, 7) is 0. The molecule has 0 bridgehead atoms. The third-order valence-corrected chi connectivity index (χ3v) is 5.53. The van der Waals surface area contributed by atoms with Crippen molar-refractivity contribution in [1.82, 2.24) is 19.9 Å². The Balaban J connectivity index is 0.000000293. The van der Waals surface area contributed by atoms with Gasteiger partial charge in [-0.2, -0.15) is 0 Å². The third-order valence-electron chi connectivity index (χ3n) is 5.53. The van der Waals surface area contributed by atoms with Crippen LogP contribution in [0.2, 0.25) is 0 Å². The number of rotatable bonds is 10. The van der Waals surface area contributed by atoms with Crippen LogP contribution in [0.3, 0.4) is 0 Å². The summed E-state index contributed by atoms with van der Waals surface area (Å²) in [4.78, 5) is 56.1. The number of aromatic nitrogens is 4. The van der Waals surface area contributed by atoms with Crippen LogP contribution in [0.4, 0.5) is 0 Å². The molecular formula is C26H22N4O12Sr. The van der Waals surface area contributed by atoms with Crippen LogP contribution in [-0.4, -0.2) is 128 Å². The van der Waals surface area contributed by atoms with Gasteiger partial charge in [0.15, 0.2) is 34.4 Å². The smallest absolute Gasteiger partial charge is 0.543 e. The van der Waals surface area contributed by atoms with Gasteiger partial charge in [0.1, 0.15) is 11.6 Å². The Labute approximate surface area is 279 Å². The summed E-state index contributed by atoms with van der Waals surface area (Å²) in [5.41, 5.74) is -1.51. The van der Waals surface area contributed by atoms with E-state index < -0.39 is 46.7 Å². The number of imidazole rings is 2. The molecule has 0 fully saturated rings. The average Bonchev–Trinajstić information content (AvgIpc) is 3.63. The van der Waals surface area contributed by atoms with E-state index in [4.69, 9.17) is 29.2 Å². The van der Waals surface area contributed by atoms with Gasteiger partial charge in [-0.25, -0.2) is 19.6 Å². The van der Waals surface area contributed by atoms with Crippen molar-refractivity contribution in [2.45, 2.75) is 0 Å². The van der Waals surface area contributed by atoms with Crippen LogP contribution >= 0.6 is 0 Å². The zero-order valence-corrected chi connectivity index (χ0v) is 26.5. The van der Waals surface area contributed by atoms with Gasteiger partial charge in [0.05, 0.1) is 51.8 Å². The molecule has 2 aromatic heterocycles. The number of carbonyl (C=O) groups is 4. The van der Waals surface area contributed by atoms with Gasteiger partial charge in [0.25, 0.3) is 0 Å². The van der Waals surface area contributed by atoms with Crippen molar-refractivity contribution < 1.29 is 58.6 Å². The van der Waals surface area contributed by atoms with E-state index in [1.54, 1.807) is 36.4 Å². The van der Waals surface area contributed by atoms with Crippen molar-refractivity contribution in [2.24, 2.45) is 0 Å². The van der Waals surface area contributed by atoms with Gasteiger partial charge < -0.3 is 58.9 Å². The summed E-state index contributed by atoms with van der Waals surface area (Å²) in [5, 5.41) is 39.7. The molecule has 4 aromatic rings. The molecule has 220 valence electrons. The number of hydrogen-bond acceptors (Lipinski definition) is 12. The van der Waals surface area contributed by atoms with E-state index in [9.17, 15) is 29.4 Å². The first-order chi connectivity index (χ1) is 19.9. The Bertz CT molecular complexity index is 1480.